The fourth-order valence-electron chi connectivity index (χ4n) is 4.70. The highest BCUT2D eigenvalue weighted by Crippen LogP contribution is 2.41. The van der Waals surface area contributed by atoms with Gasteiger partial charge in [0.1, 0.15) is 0 Å². The van der Waals surface area contributed by atoms with Gasteiger partial charge in [-0.25, -0.2) is 0 Å². The smallest absolute Gasteiger partial charge is 0.237 e. The molecule has 204 valence electrons. The van der Waals surface area contributed by atoms with Crippen LogP contribution in [0.4, 0.5) is 0 Å². The molecule has 0 saturated carbocycles. The summed E-state index contributed by atoms with van der Waals surface area (Å²) in [5, 5.41) is 0. The first kappa shape index (κ1) is 28.6. The number of fused-ring (bicyclic) bond motifs is 1. The summed E-state index contributed by atoms with van der Waals surface area (Å²) in [7, 11) is 2.00. The molecule has 3 rings (SSSR count). The molecule has 1 aliphatic rings. The molecule has 0 unspecified atom stereocenters. The van der Waals surface area contributed by atoms with Crippen LogP contribution in [0.15, 0.2) is 30.3 Å². The third kappa shape index (κ3) is 7.10. The molecule has 0 bridgehead atoms. The van der Waals surface area contributed by atoms with Gasteiger partial charge in [-0.15, -0.1) is 0 Å². The van der Waals surface area contributed by atoms with Crippen LogP contribution in [0, 0.1) is 0 Å². The first-order valence-electron chi connectivity index (χ1n) is 13.6. The first-order chi connectivity index (χ1) is 17.8. The highest BCUT2D eigenvalue weighted by molar-refractivity contribution is 5.79. The molecule has 2 aromatic carbocycles. The second-order valence-electron chi connectivity index (χ2n) is 9.58. The SMILES string of the molecule is CCOc1ccc(C[C@@H]2c3cc(OCC)c(OCC)cc3CCN2C(=O)CN(C)C(C)C)cc1OCC. The van der Waals surface area contributed by atoms with Crippen molar-refractivity contribution in [2.24, 2.45) is 0 Å². The molecular formula is C30H44N2O5. The summed E-state index contributed by atoms with van der Waals surface area (Å²) in [6.45, 7) is 15.4. The number of carbonyl (C=O) groups is 1. The lowest BCUT2D eigenvalue weighted by atomic mass is 9.88. The Hall–Kier alpha value is -2.93. The Morgan fingerprint density at radius 3 is 2.05 bits per heavy atom. The van der Waals surface area contributed by atoms with E-state index in [4.69, 9.17) is 18.9 Å². The summed E-state index contributed by atoms with van der Waals surface area (Å²) < 4.78 is 23.5. The molecule has 2 aromatic rings. The number of rotatable bonds is 13. The molecule has 0 aliphatic carbocycles. The molecule has 0 spiro atoms. The largest absolute Gasteiger partial charge is 0.490 e. The van der Waals surface area contributed by atoms with Gasteiger partial charge in [-0.1, -0.05) is 6.07 Å². The first-order valence-corrected chi connectivity index (χ1v) is 13.6. The quantitative estimate of drug-likeness (QED) is 0.363. The van der Waals surface area contributed by atoms with Gasteiger partial charge < -0.3 is 23.8 Å². The highest BCUT2D eigenvalue weighted by Gasteiger charge is 2.33. The third-order valence-corrected chi connectivity index (χ3v) is 6.79. The van der Waals surface area contributed by atoms with Gasteiger partial charge in [0.05, 0.1) is 39.0 Å². The zero-order valence-corrected chi connectivity index (χ0v) is 23.6. The van der Waals surface area contributed by atoms with E-state index in [1.807, 2.05) is 51.8 Å². The lowest BCUT2D eigenvalue weighted by Crippen LogP contribution is -2.46. The Morgan fingerprint density at radius 2 is 1.46 bits per heavy atom. The van der Waals surface area contributed by atoms with Crippen molar-refractivity contribution >= 4 is 5.91 Å². The maximum Gasteiger partial charge on any atom is 0.237 e. The van der Waals surface area contributed by atoms with Crippen molar-refractivity contribution in [1.82, 2.24) is 9.80 Å². The molecule has 0 radical (unpaired) electrons. The summed E-state index contributed by atoms with van der Waals surface area (Å²) in [6, 6.07) is 10.4. The minimum atomic E-state index is -0.126. The number of hydrogen-bond donors (Lipinski definition) is 0. The average molecular weight is 513 g/mol. The zero-order chi connectivity index (χ0) is 26.9. The Morgan fingerprint density at radius 1 is 0.892 bits per heavy atom. The van der Waals surface area contributed by atoms with E-state index in [2.05, 4.69) is 36.9 Å². The van der Waals surface area contributed by atoms with Crippen LogP contribution in [0.1, 0.15) is 64.3 Å². The molecule has 0 fully saturated rings. The van der Waals surface area contributed by atoms with Crippen LogP contribution in [0.3, 0.4) is 0 Å². The summed E-state index contributed by atoms with van der Waals surface area (Å²) >= 11 is 0. The van der Waals surface area contributed by atoms with Gasteiger partial charge in [0, 0.05) is 12.6 Å². The normalized spacial score (nSPS) is 15.1. The molecule has 1 atom stereocenters. The number of likely N-dealkylation sites (N-methyl/N-ethyl adjacent to an activating group) is 1. The number of benzene rings is 2. The van der Waals surface area contributed by atoms with Crippen molar-refractivity contribution in [3.63, 3.8) is 0 Å². The van der Waals surface area contributed by atoms with Gasteiger partial charge >= 0.3 is 0 Å². The Bertz CT molecular complexity index is 1040. The molecule has 0 N–H and O–H groups in total. The second-order valence-corrected chi connectivity index (χ2v) is 9.58. The van der Waals surface area contributed by atoms with Gasteiger partial charge in [-0.05, 0) is 102 Å². The number of ether oxygens (including phenoxy) is 4. The van der Waals surface area contributed by atoms with Crippen molar-refractivity contribution in [3.05, 3.63) is 47.0 Å². The predicted molar refractivity (Wildman–Crippen MR) is 147 cm³/mol. The Kier molecular flexibility index (Phi) is 10.5. The van der Waals surface area contributed by atoms with Crippen molar-refractivity contribution in [2.45, 2.75) is 66.5 Å². The van der Waals surface area contributed by atoms with Crippen LogP contribution in [0.2, 0.25) is 0 Å². The molecule has 0 aromatic heterocycles. The van der Waals surface area contributed by atoms with E-state index in [-0.39, 0.29) is 18.0 Å². The topological polar surface area (TPSA) is 60.5 Å². The summed E-state index contributed by atoms with van der Waals surface area (Å²) in [5.41, 5.74) is 3.41. The van der Waals surface area contributed by atoms with Crippen LogP contribution < -0.4 is 18.9 Å². The van der Waals surface area contributed by atoms with Crippen LogP contribution in [-0.2, 0) is 17.6 Å². The van der Waals surface area contributed by atoms with E-state index in [0.717, 1.165) is 40.5 Å². The van der Waals surface area contributed by atoms with E-state index in [9.17, 15) is 4.79 Å². The number of amides is 1. The van der Waals surface area contributed by atoms with E-state index >= 15 is 0 Å². The number of nitrogens with zero attached hydrogens (tertiary/aromatic N) is 2. The lowest BCUT2D eigenvalue weighted by Gasteiger charge is -2.39. The fourth-order valence-corrected chi connectivity index (χ4v) is 4.70. The molecule has 37 heavy (non-hydrogen) atoms. The molecule has 1 heterocycles. The molecule has 0 saturated heterocycles. The minimum absolute atomic E-state index is 0.126. The highest BCUT2D eigenvalue weighted by atomic mass is 16.5. The lowest BCUT2D eigenvalue weighted by molar-refractivity contribution is -0.135. The van der Waals surface area contributed by atoms with Crippen LogP contribution in [0.25, 0.3) is 0 Å². The van der Waals surface area contributed by atoms with Crippen LogP contribution >= 0.6 is 0 Å². The molecule has 7 heteroatoms. The van der Waals surface area contributed by atoms with Gasteiger partial charge in [-0.2, -0.15) is 0 Å². The van der Waals surface area contributed by atoms with Crippen molar-refractivity contribution in [2.75, 3.05) is 46.6 Å². The maximum absolute atomic E-state index is 13.6. The average Bonchev–Trinajstić information content (AvgIpc) is 2.86. The Labute approximate surface area is 222 Å². The van der Waals surface area contributed by atoms with E-state index < -0.39 is 0 Å². The Balaban J connectivity index is 2.04. The van der Waals surface area contributed by atoms with Crippen LogP contribution in [-0.4, -0.2) is 68.3 Å². The minimum Gasteiger partial charge on any atom is -0.490 e. The third-order valence-electron chi connectivity index (χ3n) is 6.79. The molecule has 7 nitrogen and oxygen atoms in total. The van der Waals surface area contributed by atoms with Gasteiger partial charge in [0.25, 0.3) is 0 Å². The van der Waals surface area contributed by atoms with Crippen molar-refractivity contribution < 1.29 is 23.7 Å². The molecular weight excluding hydrogens is 468 g/mol. The number of carbonyl (C=O) groups excluding carboxylic acids is 1. The van der Waals surface area contributed by atoms with Crippen molar-refractivity contribution in [3.8, 4) is 23.0 Å². The van der Waals surface area contributed by atoms with Gasteiger partial charge in [0.15, 0.2) is 23.0 Å². The predicted octanol–water partition coefficient (Wildman–Crippen LogP) is 5.29. The van der Waals surface area contributed by atoms with E-state index in [0.29, 0.717) is 45.9 Å². The van der Waals surface area contributed by atoms with Gasteiger partial charge in [-0.3, -0.25) is 9.69 Å². The fraction of sp³-hybridized carbons (Fsp3) is 0.567. The van der Waals surface area contributed by atoms with Crippen LogP contribution in [0.5, 0.6) is 23.0 Å². The van der Waals surface area contributed by atoms with Crippen molar-refractivity contribution in [1.29, 1.82) is 0 Å². The summed E-state index contributed by atoms with van der Waals surface area (Å²) in [4.78, 5) is 17.7. The van der Waals surface area contributed by atoms with E-state index in [1.54, 1.807) is 0 Å². The monoisotopic (exact) mass is 512 g/mol. The molecule has 1 aliphatic heterocycles. The summed E-state index contributed by atoms with van der Waals surface area (Å²) in [5.74, 6) is 3.10. The number of hydrogen-bond acceptors (Lipinski definition) is 6. The van der Waals surface area contributed by atoms with E-state index in [1.165, 1.54) is 5.56 Å². The summed E-state index contributed by atoms with van der Waals surface area (Å²) in [6.07, 6.45) is 1.44. The zero-order valence-electron chi connectivity index (χ0n) is 23.6. The molecule has 1 amide bonds. The van der Waals surface area contributed by atoms with Gasteiger partial charge in [0.2, 0.25) is 5.91 Å². The standard InChI is InChI=1S/C30H44N2O5/c1-8-34-26-13-12-22(17-27(26)35-9-2)16-25-24-19-29(37-11-4)28(36-10-3)18-23(24)14-15-32(25)30(33)20-31(7)21(5)6/h12-13,17-19,21,25H,8-11,14-16,20H2,1-7H3/t25-/m1/s1. The second kappa shape index (κ2) is 13.6. The maximum atomic E-state index is 13.6.